The van der Waals surface area contributed by atoms with Gasteiger partial charge in [0.2, 0.25) is 0 Å². The second-order valence-corrected chi connectivity index (χ2v) is 6.20. The summed E-state index contributed by atoms with van der Waals surface area (Å²) in [6, 6.07) is 20.2. The van der Waals surface area contributed by atoms with Crippen LogP contribution in [0.2, 0.25) is 5.02 Å². The Morgan fingerprint density at radius 2 is 1.93 bits per heavy atom. The molecule has 0 saturated heterocycles. The van der Waals surface area contributed by atoms with Crippen LogP contribution >= 0.6 is 11.6 Å². The van der Waals surface area contributed by atoms with Crippen LogP contribution in [0, 0.1) is 11.3 Å². The van der Waals surface area contributed by atoms with Crippen molar-refractivity contribution in [3.63, 3.8) is 0 Å². The topological polar surface area (TPSA) is 62.1 Å². The summed E-state index contributed by atoms with van der Waals surface area (Å²) >= 11 is 5.93. The zero-order valence-electron chi connectivity index (χ0n) is 14.7. The van der Waals surface area contributed by atoms with Gasteiger partial charge in [-0.15, -0.1) is 0 Å². The molecule has 0 heterocycles. The quantitative estimate of drug-likeness (QED) is 0.476. The van der Waals surface area contributed by atoms with Crippen LogP contribution in [0.5, 0.6) is 5.75 Å². The lowest BCUT2D eigenvalue weighted by molar-refractivity contribution is -0.112. The van der Waals surface area contributed by atoms with Gasteiger partial charge in [0.15, 0.2) is 0 Å². The fourth-order valence-corrected chi connectivity index (χ4v) is 2.96. The fourth-order valence-electron chi connectivity index (χ4n) is 2.77. The van der Waals surface area contributed by atoms with E-state index in [9.17, 15) is 10.1 Å². The second kappa shape index (κ2) is 8.39. The van der Waals surface area contributed by atoms with E-state index in [2.05, 4.69) is 5.32 Å². The Morgan fingerprint density at radius 3 is 2.63 bits per heavy atom. The van der Waals surface area contributed by atoms with Crippen molar-refractivity contribution in [2.75, 3.05) is 11.9 Å². The Morgan fingerprint density at radius 1 is 1.15 bits per heavy atom. The third-order valence-corrected chi connectivity index (χ3v) is 4.20. The molecule has 0 radical (unpaired) electrons. The summed E-state index contributed by atoms with van der Waals surface area (Å²) in [6.07, 6.45) is 1.58. The maximum Gasteiger partial charge on any atom is 0.266 e. The first kappa shape index (κ1) is 18.5. The number of hydrogen-bond donors (Lipinski definition) is 1. The molecule has 0 aliphatic carbocycles. The van der Waals surface area contributed by atoms with E-state index in [-0.39, 0.29) is 5.57 Å². The SMILES string of the molecule is CCOc1ccc(/C=C(\C#N)C(=O)Nc2cccc(Cl)c2)c2ccccc12. The van der Waals surface area contributed by atoms with Crippen LogP contribution in [0.4, 0.5) is 5.69 Å². The average Bonchev–Trinajstić information content (AvgIpc) is 2.67. The molecule has 0 fully saturated rings. The van der Waals surface area contributed by atoms with Crippen LogP contribution in [-0.4, -0.2) is 12.5 Å². The molecule has 1 amide bonds. The minimum atomic E-state index is -0.488. The third kappa shape index (κ3) is 4.28. The Hall–Kier alpha value is -3.29. The maximum atomic E-state index is 12.5. The minimum Gasteiger partial charge on any atom is -0.493 e. The molecular formula is C22H17ClN2O2. The van der Waals surface area contributed by atoms with Crippen molar-refractivity contribution in [1.29, 1.82) is 5.26 Å². The number of fused-ring (bicyclic) bond motifs is 1. The normalized spacial score (nSPS) is 11.1. The lowest BCUT2D eigenvalue weighted by Gasteiger charge is -2.10. The number of ether oxygens (including phenoxy) is 1. The van der Waals surface area contributed by atoms with Gasteiger partial charge in [0.25, 0.3) is 5.91 Å². The monoisotopic (exact) mass is 376 g/mol. The summed E-state index contributed by atoms with van der Waals surface area (Å²) in [7, 11) is 0. The number of hydrogen-bond acceptors (Lipinski definition) is 3. The van der Waals surface area contributed by atoms with Gasteiger partial charge in [-0.3, -0.25) is 4.79 Å². The van der Waals surface area contributed by atoms with Crippen LogP contribution < -0.4 is 10.1 Å². The molecule has 0 unspecified atom stereocenters. The van der Waals surface area contributed by atoms with Gasteiger partial charge in [-0.2, -0.15) is 5.26 Å². The van der Waals surface area contributed by atoms with Crippen molar-refractivity contribution in [2.24, 2.45) is 0 Å². The molecule has 0 aliphatic heterocycles. The van der Waals surface area contributed by atoms with Crippen molar-refractivity contribution in [1.82, 2.24) is 0 Å². The highest BCUT2D eigenvalue weighted by Gasteiger charge is 2.12. The molecule has 27 heavy (non-hydrogen) atoms. The van der Waals surface area contributed by atoms with E-state index in [0.29, 0.717) is 17.3 Å². The van der Waals surface area contributed by atoms with Gasteiger partial charge in [-0.1, -0.05) is 48.0 Å². The molecule has 5 heteroatoms. The molecule has 0 bridgehead atoms. The zero-order valence-corrected chi connectivity index (χ0v) is 15.5. The predicted octanol–water partition coefficient (Wildman–Crippen LogP) is 5.44. The Kier molecular flexibility index (Phi) is 5.75. The molecule has 4 nitrogen and oxygen atoms in total. The number of nitrogens with zero attached hydrogens (tertiary/aromatic N) is 1. The van der Waals surface area contributed by atoms with Gasteiger partial charge in [0, 0.05) is 16.1 Å². The molecule has 134 valence electrons. The Labute approximate surface area is 162 Å². The molecule has 3 aromatic carbocycles. The fraction of sp³-hybridized carbons (Fsp3) is 0.0909. The average molecular weight is 377 g/mol. The molecule has 0 spiro atoms. The number of nitriles is 1. The summed E-state index contributed by atoms with van der Waals surface area (Å²) in [5.41, 5.74) is 1.31. The third-order valence-electron chi connectivity index (χ3n) is 3.97. The number of amides is 1. The number of nitrogens with one attached hydrogen (secondary N) is 1. The molecule has 0 aromatic heterocycles. The van der Waals surface area contributed by atoms with Crippen LogP contribution in [0.15, 0.2) is 66.2 Å². The molecule has 3 rings (SSSR count). The minimum absolute atomic E-state index is 0.00397. The molecule has 0 saturated carbocycles. The van der Waals surface area contributed by atoms with E-state index in [0.717, 1.165) is 22.1 Å². The van der Waals surface area contributed by atoms with E-state index in [1.807, 2.05) is 49.4 Å². The Bertz CT molecular complexity index is 1070. The summed E-state index contributed by atoms with van der Waals surface area (Å²) in [4.78, 5) is 12.5. The number of carbonyl (C=O) groups excluding carboxylic acids is 1. The van der Waals surface area contributed by atoms with E-state index in [1.165, 1.54) is 0 Å². The smallest absolute Gasteiger partial charge is 0.266 e. The van der Waals surface area contributed by atoms with Crippen molar-refractivity contribution in [2.45, 2.75) is 6.92 Å². The largest absolute Gasteiger partial charge is 0.493 e. The van der Waals surface area contributed by atoms with E-state index < -0.39 is 5.91 Å². The van der Waals surface area contributed by atoms with Crippen LogP contribution in [0.25, 0.3) is 16.8 Å². The van der Waals surface area contributed by atoms with Crippen LogP contribution in [0.1, 0.15) is 12.5 Å². The molecule has 0 atom stereocenters. The lowest BCUT2D eigenvalue weighted by Crippen LogP contribution is -2.13. The highest BCUT2D eigenvalue weighted by molar-refractivity contribution is 6.31. The highest BCUT2D eigenvalue weighted by atomic mass is 35.5. The van der Waals surface area contributed by atoms with Crippen LogP contribution in [0.3, 0.4) is 0 Å². The van der Waals surface area contributed by atoms with Crippen molar-refractivity contribution >= 4 is 40.0 Å². The van der Waals surface area contributed by atoms with Gasteiger partial charge >= 0.3 is 0 Å². The van der Waals surface area contributed by atoms with Crippen molar-refractivity contribution < 1.29 is 9.53 Å². The van der Waals surface area contributed by atoms with Gasteiger partial charge < -0.3 is 10.1 Å². The number of anilines is 1. The first-order valence-electron chi connectivity index (χ1n) is 8.45. The summed E-state index contributed by atoms with van der Waals surface area (Å²) in [6.45, 7) is 2.49. The zero-order chi connectivity index (χ0) is 19.2. The number of benzene rings is 3. The lowest BCUT2D eigenvalue weighted by atomic mass is 10.0. The summed E-state index contributed by atoms with van der Waals surface area (Å²) in [5, 5.41) is 14.5. The standard InChI is InChI=1S/C22H17ClN2O2/c1-2-27-21-11-10-15(19-8-3-4-9-20(19)21)12-16(14-24)22(26)25-18-7-5-6-17(23)13-18/h3-13H,2H2,1H3,(H,25,26)/b16-12+. The Balaban J connectivity index is 1.97. The molecule has 0 aliphatic rings. The van der Waals surface area contributed by atoms with E-state index >= 15 is 0 Å². The molecular weight excluding hydrogens is 360 g/mol. The number of halogens is 1. The van der Waals surface area contributed by atoms with Crippen molar-refractivity contribution in [3.8, 4) is 11.8 Å². The maximum absolute atomic E-state index is 12.5. The van der Waals surface area contributed by atoms with Crippen LogP contribution in [-0.2, 0) is 4.79 Å². The van der Waals surface area contributed by atoms with Gasteiger partial charge in [0.05, 0.1) is 6.61 Å². The van der Waals surface area contributed by atoms with E-state index in [4.69, 9.17) is 16.3 Å². The highest BCUT2D eigenvalue weighted by Crippen LogP contribution is 2.30. The van der Waals surface area contributed by atoms with Gasteiger partial charge in [-0.05, 0) is 48.2 Å². The summed E-state index contributed by atoms with van der Waals surface area (Å²) in [5.74, 6) is 0.282. The van der Waals surface area contributed by atoms with Gasteiger partial charge in [-0.25, -0.2) is 0 Å². The summed E-state index contributed by atoms with van der Waals surface area (Å²) < 4.78 is 5.67. The van der Waals surface area contributed by atoms with E-state index in [1.54, 1.807) is 30.3 Å². The number of rotatable bonds is 5. The second-order valence-electron chi connectivity index (χ2n) is 5.77. The van der Waals surface area contributed by atoms with Gasteiger partial charge in [0.1, 0.15) is 17.4 Å². The predicted molar refractivity (Wildman–Crippen MR) is 109 cm³/mol. The number of carbonyl (C=O) groups is 1. The first-order chi connectivity index (χ1) is 13.1. The molecule has 3 aromatic rings. The van der Waals surface area contributed by atoms with Crippen molar-refractivity contribution in [3.05, 3.63) is 76.8 Å². The first-order valence-corrected chi connectivity index (χ1v) is 8.83. The molecule has 1 N–H and O–H groups in total.